The van der Waals surface area contributed by atoms with E-state index in [4.69, 9.17) is 9.26 Å². The molecular weight excluding hydrogens is 288 g/mol. The quantitative estimate of drug-likeness (QED) is 0.462. The van der Waals surface area contributed by atoms with E-state index in [0.717, 1.165) is 11.3 Å². The molecule has 7 heteroatoms. The van der Waals surface area contributed by atoms with Crippen LogP contribution in [0, 0.1) is 24.0 Å². The lowest BCUT2D eigenvalue weighted by Gasteiger charge is -2.05. The van der Waals surface area contributed by atoms with Crippen molar-refractivity contribution in [2.75, 3.05) is 0 Å². The maximum Gasteiger partial charge on any atom is 0.306 e. The molecule has 0 atom stereocenters. The average Bonchev–Trinajstić information content (AvgIpc) is 2.82. The summed E-state index contributed by atoms with van der Waals surface area (Å²) < 4.78 is 10.2. The second-order valence-electron chi connectivity index (χ2n) is 4.89. The van der Waals surface area contributed by atoms with Crippen molar-refractivity contribution in [2.24, 2.45) is 0 Å². The number of carbonyl (C=O) groups is 1. The SMILES string of the molecule is Cc1noc(C)c1CCC(=O)OCc1ccc([N+](=O)[O-])cc1. The van der Waals surface area contributed by atoms with Gasteiger partial charge >= 0.3 is 5.97 Å². The minimum atomic E-state index is -0.473. The van der Waals surface area contributed by atoms with Gasteiger partial charge in [0.25, 0.3) is 5.69 Å². The fourth-order valence-electron chi connectivity index (χ4n) is 2.04. The number of hydrogen-bond donors (Lipinski definition) is 0. The Hall–Kier alpha value is -2.70. The molecule has 116 valence electrons. The number of non-ortho nitro benzene ring substituents is 1. The van der Waals surface area contributed by atoms with Crippen LogP contribution in [0.15, 0.2) is 28.8 Å². The molecule has 1 aromatic heterocycles. The van der Waals surface area contributed by atoms with Crippen LogP contribution in [0.2, 0.25) is 0 Å². The van der Waals surface area contributed by atoms with Gasteiger partial charge in [0.05, 0.1) is 10.6 Å². The molecule has 0 bridgehead atoms. The van der Waals surface area contributed by atoms with Crippen LogP contribution in [0.25, 0.3) is 0 Å². The summed E-state index contributed by atoms with van der Waals surface area (Å²) >= 11 is 0. The molecule has 2 aromatic rings. The summed E-state index contributed by atoms with van der Waals surface area (Å²) in [6.45, 7) is 3.73. The third-order valence-corrected chi connectivity index (χ3v) is 3.31. The number of nitrogens with zero attached hydrogens (tertiary/aromatic N) is 2. The third-order valence-electron chi connectivity index (χ3n) is 3.31. The van der Waals surface area contributed by atoms with E-state index in [2.05, 4.69) is 5.16 Å². The van der Waals surface area contributed by atoms with Crippen molar-refractivity contribution in [1.82, 2.24) is 5.16 Å². The molecule has 1 aromatic carbocycles. The highest BCUT2D eigenvalue weighted by atomic mass is 16.6. The summed E-state index contributed by atoms with van der Waals surface area (Å²) in [5.74, 6) is 0.374. The van der Waals surface area contributed by atoms with Crippen LogP contribution in [0.1, 0.15) is 29.0 Å². The number of rotatable bonds is 6. The molecule has 2 rings (SSSR count). The van der Waals surface area contributed by atoms with Crippen LogP contribution in [0.5, 0.6) is 0 Å². The average molecular weight is 304 g/mol. The predicted molar refractivity (Wildman–Crippen MR) is 77.2 cm³/mol. The Morgan fingerprint density at radius 1 is 1.32 bits per heavy atom. The Balaban J connectivity index is 1.81. The van der Waals surface area contributed by atoms with Crippen molar-refractivity contribution < 1.29 is 19.0 Å². The second-order valence-corrected chi connectivity index (χ2v) is 4.89. The highest BCUT2D eigenvalue weighted by Crippen LogP contribution is 2.15. The van der Waals surface area contributed by atoms with E-state index in [1.807, 2.05) is 6.92 Å². The molecule has 0 N–H and O–H groups in total. The monoisotopic (exact) mass is 304 g/mol. The minimum absolute atomic E-state index is 0.00786. The number of carbonyl (C=O) groups excluding carboxylic acids is 1. The first-order valence-corrected chi connectivity index (χ1v) is 6.78. The zero-order chi connectivity index (χ0) is 16.1. The van der Waals surface area contributed by atoms with Gasteiger partial charge in [-0.05, 0) is 38.0 Å². The first kappa shape index (κ1) is 15.7. The molecule has 22 heavy (non-hydrogen) atoms. The Bertz CT molecular complexity index is 656. The minimum Gasteiger partial charge on any atom is -0.461 e. The van der Waals surface area contributed by atoms with Gasteiger partial charge < -0.3 is 9.26 Å². The fraction of sp³-hybridized carbons (Fsp3) is 0.333. The van der Waals surface area contributed by atoms with Gasteiger partial charge in [0.1, 0.15) is 12.4 Å². The Morgan fingerprint density at radius 2 is 2.00 bits per heavy atom. The van der Waals surface area contributed by atoms with Gasteiger partial charge in [-0.25, -0.2) is 0 Å². The van der Waals surface area contributed by atoms with E-state index in [9.17, 15) is 14.9 Å². The van der Waals surface area contributed by atoms with E-state index in [-0.39, 0.29) is 24.7 Å². The normalized spacial score (nSPS) is 10.5. The first-order chi connectivity index (χ1) is 10.5. The molecule has 0 aliphatic rings. The molecule has 0 saturated heterocycles. The summed E-state index contributed by atoms with van der Waals surface area (Å²) in [5, 5.41) is 14.4. The zero-order valence-corrected chi connectivity index (χ0v) is 12.4. The summed E-state index contributed by atoms with van der Waals surface area (Å²) in [5.41, 5.74) is 2.41. The van der Waals surface area contributed by atoms with Crippen LogP contribution in [0.3, 0.4) is 0 Å². The first-order valence-electron chi connectivity index (χ1n) is 6.78. The van der Waals surface area contributed by atoms with Gasteiger partial charge in [-0.2, -0.15) is 0 Å². The van der Waals surface area contributed by atoms with Crippen molar-refractivity contribution >= 4 is 11.7 Å². The lowest BCUT2D eigenvalue weighted by Crippen LogP contribution is -2.06. The van der Waals surface area contributed by atoms with E-state index in [0.29, 0.717) is 17.7 Å². The maximum absolute atomic E-state index is 11.7. The van der Waals surface area contributed by atoms with Crippen molar-refractivity contribution in [3.05, 3.63) is 57.0 Å². The molecule has 0 saturated carbocycles. The van der Waals surface area contributed by atoms with Gasteiger partial charge in [0.15, 0.2) is 0 Å². The molecule has 0 amide bonds. The standard InChI is InChI=1S/C15H16N2O5/c1-10-14(11(2)22-16-10)7-8-15(18)21-9-12-3-5-13(6-4-12)17(19)20/h3-6H,7-9H2,1-2H3. The highest BCUT2D eigenvalue weighted by Gasteiger charge is 2.12. The predicted octanol–water partition coefficient (Wildman–Crippen LogP) is 2.88. The van der Waals surface area contributed by atoms with Crippen molar-refractivity contribution in [2.45, 2.75) is 33.3 Å². The van der Waals surface area contributed by atoms with Crippen LogP contribution in [-0.4, -0.2) is 16.0 Å². The fourth-order valence-corrected chi connectivity index (χ4v) is 2.04. The van der Waals surface area contributed by atoms with Crippen LogP contribution >= 0.6 is 0 Å². The molecule has 0 radical (unpaired) electrons. The van der Waals surface area contributed by atoms with Gasteiger partial charge in [0.2, 0.25) is 0 Å². The number of aryl methyl sites for hydroxylation is 2. The van der Waals surface area contributed by atoms with Crippen molar-refractivity contribution in [3.63, 3.8) is 0 Å². The van der Waals surface area contributed by atoms with E-state index in [1.54, 1.807) is 19.1 Å². The summed E-state index contributed by atoms with van der Waals surface area (Å²) in [6, 6.07) is 5.90. The van der Waals surface area contributed by atoms with Crippen LogP contribution in [-0.2, 0) is 22.6 Å². The number of hydrogen-bond acceptors (Lipinski definition) is 6. The smallest absolute Gasteiger partial charge is 0.306 e. The molecule has 0 unspecified atom stereocenters. The number of esters is 1. The van der Waals surface area contributed by atoms with E-state index in [1.165, 1.54) is 12.1 Å². The van der Waals surface area contributed by atoms with Gasteiger partial charge in [-0.3, -0.25) is 14.9 Å². The molecule has 0 aliphatic carbocycles. The van der Waals surface area contributed by atoms with Crippen molar-refractivity contribution in [1.29, 1.82) is 0 Å². The lowest BCUT2D eigenvalue weighted by atomic mass is 10.1. The molecule has 0 aliphatic heterocycles. The third kappa shape index (κ3) is 3.91. The summed E-state index contributed by atoms with van der Waals surface area (Å²) in [4.78, 5) is 21.8. The summed E-state index contributed by atoms with van der Waals surface area (Å²) in [6.07, 6.45) is 0.746. The van der Waals surface area contributed by atoms with Crippen molar-refractivity contribution in [3.8, 4) is 0 Å². The Kier molecular flexibility index (Phi) is 4.88. The molecule has 0 fully saturated rings. The molecule has 7 nitrogen and oxygen atoms in total. The number of nitro benzene ring substituents is 1. The number of nitro groups is 1. The van der Waals surface area contributed by atoms with E-state index >= 15 is 0 Å². The largest absolute Gasteiger partial charge is 0.461 e. The maximum atomic E-state index is 11.7. The van der Waals surface area contributed by atoms with Crippen LogP contribution in [0.4, 0.5) is 5.69 Å². The van der Waals surface area contributed by atoms with Gasteiger partial charge in [-0.15, -0.1) is 0 Å². The lowest BCUT2D eigenvalue weighted by molar-refractivity contribution is -0.384. The zero-order valence-electron chi connectivity index (χ0n) is 12.4. The number of aromatic nitrogens is 1. The Labute approximate surface area is 127 Å². The van der Waals surface area contributed by atoms with Gasteiger partial charge in [-0.1, -0.05) is 5.16 Å². The van der Waals surface area contributed by atoms with E-state index < -0.39 is 4.92 Å². The number of ether oxygens (including phenoxy) is 1. The summed E-state index contributed by atoms with van der Waals surface area (Å²) in [7, 11) is 0. The second kappa shape index (κ2) is 6.84. The highest BCUT2D eigenvalue weighted by molar-refractivity contribution is 5.69. The van der Waals surface area contributed by atoms with Crippen LogP contribution < -0.4 is 0 Å². The molecular formula is C15H16N2O5. The molecule has 0 spiro atoms. The number of benzene rings is 1. The van der Waals surface area contributed by atoms with Gasteiger partial charge in [0, 0.05) is 24.1 Å². The Morgan fingerprint density at radius 3 is 2.55 bits per heavy atom. The molecule has 1 heterocycles. The topological polar surface area (TPSA) is 95.5 Å².